The highest BCUT2D eigenvalue weighted by atomic mass is 31.2. The Morgan fingerprint density at radius 3 is 2.00 bits per heavy atom. The average molecular weight is 410 g/mol. The minimum atomic E-state index is -3.35. The summed E-state index contributed by atoms with van der Waals surface area (Å²) in [6.07, 6.45) is 3.47. The van der Waals surface area contributed by atoms with Gasteiger partial charge < -0.3 is 13.8 Å². The number of carbonyl (C=O) groups is 1. The fourth-order valence-corrected chi connectivity index (χ4v) is 3.73. The van der Waals surface area contributed by atoms with E-state index in [4.69, 9.17) is 13.8 Å². The number of methoxy groups -OCH3 is 1. The van der Waals surface area contributed by atoms with Crippen LogP contribution >= 0.6 is 7.60 Å². The number of ether oxygens (including phenoxy) is 1. The molecule has 5 nitrogen and oxygen atoms in total. The molecular weight excluding hydrogens is 375 g/mol. The van der Waals surface area contributed by atoms with Crippen molar-refractivity contribution in [1.29, 1.82) is 0 Å². The van der Waals surface area contributed by atoms with E-state index in [0.717, 1.165) is 16.9 Å². The van der Waals surface area contributed by atoms with Crippen LogP contribution in [0.2, 0.25) is 0 Å². The third-order valence-electron chi connectivity index (χ3n) is 4.59. The first-order chi connectivity index (χ1) is 12.8. The number of carbonyl (C=O) groups excluding carboxylic acids is 1. The van der Waals surface area contributed by atoms with Gasteiger partial charge in [-0.15, -0.1) is 0 Å². The van der Waals surface area contributed by atoms with Gasteiger partial charge >= 0.3 is 7.60 Å². The molecule has 0 saturated heterocycles. The minimum Gasteiger partial charge on any atom is -0.496 e. The van der Waals surface area contributed by atoms with E-state index in [1.54, 1.807) is 13.2 Å². The minimum absolute atomic E-state index is 0.00980. The predicted molar refractivity (Wildman–Crippen MR) is 115 cm³/mol. The molecule has 0 aliphatic heterocycles. The van der Waals surface area contributed by atoms with Crippen LogP contribution in [0.1, 0.15) is 58.2 Å². The predicted octanol–water partition coefficient (Wildman–Crippen LogP) is 5.44. The summed E-state index contributed by atoms with van der Waals surface area (Å²) in [5, 5.41) is 0. The van der Waals surface area contributed by atoms with Crippen molar-refractivity contribution in [2.24, 2.45) is 0 Å². The zero-order valence-corrected chi connectivity index (χ0v) is 19.6. The SMILES string of the molecule is COc1c(C/C=C/C(=O)CP(=O)(OC)OC)cc(C(C)(C)C)cc1C(C)(C)C. The lowest BCUT2D eigenvalue weighted by atomic mass is 9.78. The molecule has 0 amide bonds. The zero-order chi connectivity index (χ0) is 21.8. The molecule has 1 aromatic rings. The molecule has 1 rings (SSSR count). The largest absolute Gasteiger partial charge is 0.496 e. The van der Waals surface area contributed by atoms with Crippen LogP contribution in [0.5, 0.6) is 5.75 Å². The molecule has 158 valence electrons. The Labute approximate surface area is 170 Å². The van der Waals surface area contributed by atoms with Crippen molar-refractivity contribution in [3.8, 4) is 5.75 Å². The first kappa shape index (κ1) is 24.6. The number of hydrogen-bond donors (Lipinski definition) is 0. The highest BCUT2D eigenvalue weighted by Gasteiger charge is 2.26. The Balaban J connectivity index is 3.22. The summed E-state index contributed by atoms with van der Waals surface area (Å²) < 4.78 is 27.5. The Morgan fingerprint density at radius 1 is 1.00 bits per heavy atom. The summed E-state index contributed by atoms with van der Waals surface area (Å²) in [4.78, 5) is 12.1. The van der Waals surface area contributed by atoms with E-state index in [9.17, 15) is 9.36 Å². The highest BCUT2D eigenvalue weighted by molar-refractivity contribution is 7.54. The number of rotatable bonds is 8. The summed E-state index contributed by atoms with van der Waals surface area (Å²) in [5.74, 6) is 0.547. The number of ketones is 1. The summed E-state index contributed by atoms with van der Waals surface area (Å²) >= 11 is 0. The van der Waals surface area contributed by atoms with Crippen LogP contribution in [0, 0.1) is 0 Å². The maximum atomic E-state index is 12.1. The van der Waals surface area contributed by atoms with Crippen molar-refractivity contribution in [1.82, 2.24) is 0 Å². The van der Waals surface area contributed by atoms with Gasteiger partial charge in [0.2, 0.25) is 0 Å². The van der Waals surface area contributed by atoms with Crippen molar-refractivity contribution in [2.75, 3.05) is 27.5 Å². The molecule has 0 heterocycles. The molecule has 0 spiro atoms. The molecule has 0 bridgehead atoms. The number of benzene rings is 1. The molecule has 28 heavy (non-hydrogen) atoms. The molecule has 0 fully saturated rings. The lowest BCUT2D eigenvalue weighted by Gasteiger charge is -2.28. The maximum Gasteiger partial charge on any atom is 0.337 e. The van der Waals surface area contributed by atoms with Gasteiger partial charge in [0.1, 0.15) is 11.9 Å². The Kier molecular flexibility index (Phi) is 8.25. The van der Waals surface area contributed by atoms with E-state index >= 15 is 0 Å². The Bertz CT molecular complexity index is 758. The van der Waals surface area contributed by atoms with E-state index in [1.165, 1.54) is 25.9 Å². The molecule has 0 atom stereocenters. The molecule has 0 saturated carbocycles. The second kappa shape index (κ2) is 9.39. The Hall–Kier alpha value is -1.42. The van der Waals surface area contributed by atoms with Crippen LogP contribution in [0.25, 0.3) is 0 Å². The molecule has 6 heteroatoms. The van der Waals surface area contributed by atoms with Gasteiger partial charge in [-0.25, -0.2) is 0 Å². The van der Waals surface area contributed by atoms with E-state index < -0.39 is 7.60 Å². The van der Waals surface area contributed by atoms with Crippen molar-refractivity contribution in [3.05, 3.63) is 41.0 Å². The third-order valence-corrected chi connectivity index (χ3v) is 6.40. The molecule has 0 aliphatic carbocycles. The second-order valence-electron chi connectivity index (χ2n) is 8.92. The average Bonchev–Trinajstić information content (AvgIpc) is 2.59. The Morgan fingerprint density at radius 2 is 1.57 bits per heavy atom. The van der Waals surface area contributed by atoms with Crippen LogP contribution in [-0.2, 0) is 35.7 Å². The lowest BCUT2D eigenvalue weighted by molar-refractivity contribution is -0.112. The summed E-state index contributed by atoms with van der Waals surface area (Å²) in [5.41, 5.74) is 3.29. The van der Waals surface area contributed by atoms with Crippen molar-refractivity contribution < 1.29 is 23.1 Å². The fraction of sp³-hybridized carbons (Fsp3) is 0.591. The van der Waals surface area contributed by atoms with Gasteiger partial charge in [-0.1, -0.05) is 59.8 Å². The zero-order valence-electron chi connectivity index (χ0n) is 18.7. The van der Waals surface area contributed by atoms with Crippen LogP contribution in [0.3, 0.4) is 0 Å². The quantitative estimate of drug-likeness (QED) is 0.422. The van der Waals surface area contributed by atoms with Crippen LogP contribution in [0.15, 0.2) is 24.3 Å². The molecule has 0 aromatic heterocycles. The van der Waals surface area contributed by atoms with Crippen molar-refractivity contribution >= 4 is 13.4 Å². The maximum absolute atomic E-state index is 12.1. The van der Waals surface area contributed by atoms with Crippen LogP contribution in [0.4, 0.5) is 0 Å². The number of hydrogen-bond acceptors (Lipinski definition) is 5. The van der Waals surface area contributed by atoms with E-state index in [0.29, 0.717) is 6.42 Å². The topological polar surface area (TPSA) is 61.8 Å². The molecule has 0 radical (unpaired) electrons. The molecule has 0 unspecified atom stereocenters. The smallest absolute Gasteiger partial charge is 0.337 e. The van der Waals surface area contributed by atoms with Crippen molar-refractivity contribution in [3.63, 3.8) is 0 Å². The van der Waals surface area contributed by atoms with E-state index in [2.05, 4.69) is 53.7 Å². The van der Waals surface area contributed by atoms with Gasteiger partial charge in [-0.3, -0.25) is 9.36 Å². The normalized spacial score (nSPS) is 13.2. The number of allylic oxidation sites excluding steroid dienone is 2. The van der Waals surface area contributed by atoms with Crippen LogP contribution < -0.4 is 4.74 Å². The first-order valence-electron chi connectivity index (χ1n) is 9.39. The van der Waals surface area contributed by atoms with E-state index in [1.807, 2.05) is 0 Å². The fourth-order valence-electron chi connectivity index (χ4n) is 2.84. The molecule has 0 aliphatic rings. The van der Waals surface area contributed by atoms with Gasteiger partial charge in [0, 0.05) is 19.8 Å². The van der Waals surface area contributed by atoms with E-state index in [-0.39, 0.29) is 22.8 Å². The standard InChI is InChI=1S/C22H35O5P/c1-21(2,3)17-13-16(20(25-7)19(14-17)22(4,5)6)11-10-12-18(23)15-28(24,26-8)27-9/h10,12-14H,11,15H2,1-9H3/b12-10+. The first-order valence-corrected chi connectivity index (χ1v) is 11.1. The van der Waals surface area contributed by atoms with Crippen molar-refractivity contribution in [2.45, 2.75) is 58.8 Å². The summed E-state index contributed by atoms with van der Waals surface area (Å²) in [6, 6.07) is 4.35. The highest BCUT2D eigenvalue weighted by Crippen LogP contribution is 2.46. The van der Waals surface area contributed by atoms with Gasteiger partial charge in [0.05, 0.1) is 7.11 Å². The third kappa shape index (κ3) is 6.58. The van der Waals surface area contributed by atoms with Gasteiger partial charge in [0.25, 0.3) is 0 Å². The summed E-state index contributed by atoms with van der Waals surface area (Å²) in [6.45, 7) is 13.0. The second-order valence-corrected chi connectivity index (χ2v) is 11.2. The lowest BCUT2D eigenvalue weighted by Crippen LogP contribution is -2.18. The molecule has 1 aromatic carbocycles. The van der Waals surface area contributed by atoms with Gasteiger partial charge in [-0.2, -0.15) is 0 Å². The summed E-state index contributed by atoms with van der Waals surface area (Å²) in [7, 11) is 0.876. The van der Waals surface area contributed by atoms with Crippen LogP contribution in [-0.4, -0.2) is 33.3 Å². The van der Waals surface area contributed by atoms with Gasteiger partial charge in [0.15, 0.2) is 5.78 Å². The molecule has 0 N–H and O–H groups in total. The monoisotopic (exact) mass is 410 g/mol. The van der Waals surface area contributed by atoms with Gasteiger partial charge in [-0.05, 0) is 34.5 Å². The molecular formula is C22H35O5P.